The molecular weight excluding hydrogens is 547 g/mol. The second-order valence-electron chi connectivity index (χ2n) is 8.59. The van der Waals surface area contributed by atoms with Crippen molar-refractivity contribution < 1.29 is 37.0 Å². The molecule has 2 amide bonds. The lowest BCUT2D eigenvalue weighted by atomic mass is 10.1. The first-order valence-electron chi connectivity index (χ1n) is 12.6. The predicted octanol–water partition coefficient (Wildman–Crippen LogP) is 1.79. The third-order valence-electron chi connectivity index (χ3n) is 5.32. The van der Waals surface area contributed by atoms with Gasteiger partial charge in [0.25, 0.3) is 5.91 Å². The van der Waals surface area contributed by atoms with E-state index in [1.807, 2.05) is 0 Å². The normalized spacial score (nSPS) is 11.7. The number of anilines is 2. The van der Waals surface area contributed by atoms with E-state index < -0.39 is 17.6 Å². The highest BCUT2D eigenvalue weighted by molar-refractivity contribution is 6.05. The molecule has 0 heterocycles. The Hall–Kier alpha value is -3.92. The summed E-state index contributed by atoms with van der Waals surface area (Å²) in [4.78, 5) is 24.1. The van der Waals surface area contributed by atoms with Gasteiger partial charge in [0.15, 0.2) is 5.84 Å². The van der Waals surface area contributed by atoms with Crippen molar-refractivity contribution in [2.75, 3.05) is 65.6 Å². The molecule has 2 rings (SSSR count). The maximum atomic E-state index is 12.9. The Morgan fingerprint density at radius 2 is 1.59 bits per heavy atom. The van der Waals surface area contributed by atoms with E-state index in [1.165, 1.54) is 38.4 Å². The Kier molecular flexibility index (Phi) is 13.8. The first-order chi connectivity index (χ1) is 19.5. The monoisotopic (exact) mass is 583 g/mol. The van der Waals surface area contributed by atoms with Crippen LogP contribution in [0.5, 0.6) is 0 Å². The molecule has 0 saturated carbocycles. The molecule has 0 bridgehead atoms. The Balaban J connectivity index is 1.86. The van der Waals surface area contributed by atoms with Gasteiger partial charge in [-0.15, -0.1) is 5.10 Å². The number of carbonyl (C=O) groups is 2. The fourth-order valence-corrected chi connectivity index (χ4v) is 3.33. The van der Waals surface area contributed by atoms with Crippen LogP contribution in [-0.2, 0) is 25.2 Å². The molecule has 2 aromatic rings. The lowest BCUT2D eigenvalue weighted by Gasteiger charge is -2.15. The summed E-state index contributed by atoms with van der Waals surface area (Å²) < 4.78 is 54.3. The maximum Gasteiger partial charge on any atom is 0.416 e. The van der Waals surface area contributed by atoms with Gasteiger partial charge in [0, 0.05) is 56.2 Å². The van der Waals surface area contributed by atoms with Crippen molar-refractivity contribution in [2.45, 2.75) is 12.6 Å². The van der Waals surface area contributed by atoms with E-state index in [9.17, 15) is 22.8 Å². The van der Waals surface area contributed by atoms with Gasteiger partial charge in [-0.25, -0.2) is 11.0 Å². The van der Waals surface area contributed by atoms with Crippen molar-refractivity contribution in [3.05, 3.63) is 59.2 Å². The maximum absolute atomic E-state index is 12.9. The van der Waals surface area contributed by atoms with Crippen LogP contribution in [0, 0.1) is 0 Å². The number of rotatable bonds is 17. The number of hydrazone groups is 1. The second kappa shape index (κ2) is 17.0. The van der Waals surface area contributed by atoms with Crippen molar-refractivity contribution in [3.63, 3.8) is 0 Å². The highest BCUT2D eigenvalue weighted by Gasteiger charge is 2.30. The van der Waals surface area contributed by atoms with Crippen LogP contribution in [-0.4, -0.2) is 83.0 Å². The van der Waals surface area contributed by atoms with Gasteiger partial charge in [-0.3, -0.25) is 9.59 Å². The summed E-state index contributed by atoms with van der Waals surface area (Å²) in [5.74, 6) is 5.05. The number of amides is 2. The zero-order valence-electron chi connectivity index (χ0n) is 22.9. The Labute approximate surface area is 236 Å². The summed E-state index contributed by atoms with van der Waals surface area (Å²) in [6.45, 7) is 2.19. The number of ether oxygens (including phenoxy) is 3. The summed E-state index contributed by atoms with van der Waals surface area (Å²) in [7, 11) is 2.99. The quantitative estimate of drug-likeness (QED) is 0.0614. The summed E-state index contributed by atoms with van der Waals surface area (Å²) in [6, 6.07) is 9.06. The average Bonchev–Trinajstić information content (AvgIpc) is 2.92. The van der Waals surface area contributed by atoms with Gasteiger partial charge in [0.2, 0.25) is 5.91 Å². The molecule has 2 aromatic carbocycles. The number of carbonyl (C=O) groups excluding carboxylic acids is 2. The molecule has 0 aliphatic carbocycles. The zero-order chi connectivity index (χ0) is 30.3. The van der Waals surface area contributed by atoms with Crippen LogP contribution >= 0.6 is 0 Å². The summed E-state index contributed by atoms with van der Waals surface area (Å²) >= 11 is 0. The standard InChI is InChI=1S/C26H36F3N7O5/c1-36(31)35-24(30)21-17-18(3-8-22(21)34-20-6-4-19(5-7-20)26(27,28)29)25(38)33-11-14-41-16-15-40-13-10-32-23(37)9-12-39-2/h3-8,17,34H,9-16,31H2,1-2H3,(H2,30,35)(H,32,37)(H,33,38). The van der Waals surface area contributed by atoms with Gasteiger partial charge in [0.05, 0.1) is 38.6 Å². The number of nitrogens with two attached hydrogens (primary N) is 2. The minimum Gasteiger partial charge on any atom is -0.384 e. The molecule has 0 spiro atoms. The molecule has 15 heteroatoms. The molecule has 7 N–H and O–H groups in total. The number of nitrogens with zero attached hydrogens (tertiary/aromatic N) is 2. The Morgan fingerprint density at radius 3 is 2.17 bits per heavy atom. The minimum atomic E-state index is -4.45. The Bertz CT molecular complexity index is 1150. The molecule has 0 atom stereocenters. The number of benzene rings is 2. The number of alkyl halides is 3. The van der Waals surface area contributed by atoms with E-state index in [0.717, 1.165) is 17.3 Å². The van der Waals surface area contributed by atoms with Gasteiger partial charge in [-0.05, 0) is 42.5 Å². The summed E-state index contributed by atoms with van der Waals surface area (Å²) in [5.41, 5.74) is 6.67. The molecule has 0 fully saturated rings. The fraction of sp³-hybridized carbons (Fsp3) is 0.423. The van der Waals surface area contributed by atoms with Crippen LogP contribution in [0.1, 0.15) is 27.9 Å². The number of methoxy groups -OCH3 is 1. The van der Waals surface area contributed by atoms with Crippen LogP contribution < -0.4 is 27.5 Å². The van der Waals surface area contributed by atoms with Crippen LogP contribution in [0.4, 0.5) is 24.5 Å². The molecule has 0 saturated heterocycles. The van der Waals surface area contributed by atoms with Gasteiger partial charge in [0.1, 0.15) is 0 Å². The Morgan fingerprint density at radius 1 is 0.951 bits per heavy atom. The summed E-state index contributed by atoms with van der Waals surface area (Å²) in [5, 5.41) is 13.4. The van der Waals surface area contributed by atoms with Crippen molar-refractivity contribution in [3.8, 4) is 0 Å². The molecule has 0 aliphatic heterocycles. The number of amidine groups is 1. The smallest absolute Gasteiger partial charge is 0.384 e. The molecule has 226 valence electrons. The van der Waals surface area contributed by atoms with Gasteiger partial charge in [-0.2, -0.15) is 13.2 Å². The van der Waals surface area contributed by atoms with Crippen LogP contribution in [0.3, 0.4) is 0 Å². The van der Waals surface area contributed by atoms with E-state index in [4.69, 9.17) is 25.8 Å². The van der Waals surface area contributed by atoms with Crippen LogP contribution in [0.2, 0.25) is 0 Å². The lowest BCUT2D eigenvalue weighted by molar-refractivity contribution is -0.137. The van der Waals surface area contributed by atoms with E-state index in [2.05, 4.69) is 21.1 Å². The molecule has 0 aromatic heterocycles. The number of halogens is 3. The fourth-order valence-electron chi connectivity index (χ4n) is 3.33. The number of hydrogen-bond donors (Lipinski definition) is 5. The predicted molar refractivity (Wildman–Crippen MR) is 147 cm³/mol. The topological polar surface area (TPSA) is 166 Å². The van der Waals surface area contributed by atoms with E-state index in [1.54, 1.807) is 6.07 Å². The number of hydrazine groups is 1. The number of hydrogen-bond acceptors (Lipinski definition) is 9. The van der Waals surface area contributed by atoms with Crippen molar-refractivity contribution >= 4 is 29.0 Å². The van der Waals surface area contributed by atoms with E-state index in [0.29, 0.717) is 56.3 Å². The van der Waals surface area contributed by atoms with Crippen molar-refractivity contribution in [1.82, 2.24) is 15.8 Å². The second-order valence-corrected chi connectivity index (χ2v) is 8.59. The van der Waals surface area contributed by atoms with E-state index in [-0.39, 0.29) is 30.5 Å². The van der Waals surface area contributed by atoms with E-state index >= 15 is 0 Å². The van der Waals surface area contributed by atoms with Crippen LogP contribution in [0.15, 0.2) is 47.6 Å². The third kappa shape index (κ3) is 12.4. The highest BCUT2D eigenvalue weighted by atomic mass is 19.4. The summed E-state index contributed by atoms with van der Waals surface area (Å²) in [6.07, 6.45) is -4.16. The molecule has 0 unspecified atom stereocenters. The van der Waals surface area contributed by atoms with Gasteiger partial charge in [-0.1, -0.05) is 0 Å². The molecule has 12 nitrogen and oxygen atoms in total. The highest BCUT2D eigenvalue weighted by Crippen LogP contribution is 2.31. The van der Waals surface area contributed by atoms with Crippen molar-refractivity contribution in [1.29, 1.82) is 0 Å². The first-order valence-corrected chi connectivity index (χ1v) is 12.6. The zero-order valence-corrected chi connectivity index (χ0v) is 22.9. The third-order valence-corrected chi connectivity index (χ3v) is 5.32. The largest absolute Gasteiger partial charge is 0.416 e. The molecule has 0 aliphatic rings. The SMILES string of the molecule is COCCC(=O)NCCOCCOCCNC(=O)c1ccc(Nc2ccc(C(F)(F)F)cc2)c(/C(N)=N/N(C)N)c1. The average molecular weight is 584 g/mol. The minimum absolute atomic E-state index is 0.0167. The van der Waals surface area contributed by atoms with Gasteiger partial charge >= 0.3 is 6.18 Å². The lowest BCUT2D eigenvalue weighted by Crippen LogP contribution is -2.29. The molecule has 0 radical (unpaired) electrons. The number of nitrogens with one attached hydrogen (secondary N) is 3. The first kappa shape index (κ1) is 33.3. The van der Waals surface area contributed by atoms with Crippen molar-refractivity contribution in [2.24, 2.45) is 16.7 Å². The molecular formula is C26H36F3N7O5. The van der Waals surface area contributed by atoms with Gasteiger partial charge < -0.3 is 35.9 Å². The van der Waals surface area contributed by atoms with Crippen LogP contribution in [0.25, 0.3) is 0 Å². The molecule has 41 heavy (non-hydrogen) atoms.